The Hall–Kier alpha value is -1.70. The molecule has 0 radical (unpaired) electrons. The molecule has 2 aliphatic rings. The molecule has 0 N–H and O–H groups in total. The van der Waals surface area contributed by atoms with Crippen molar-refractivity contribution < 1.29 is 115 Å². The molecule has 0 fully saturated rings. The van der Waals surface area contributed by atoms with Crippen LogP contribution in [0, 0.1) is 77.0 Å². The Balaban J connectivity index is 0.000000483. The second kappa shape index (κ2) is 40.8. The van der Waals surface area contributed by atoms with Crippen LogP contribution < -0.4 is 87.8 Å². The molecule has 90 heavy (non-hydrogen) atoms. The summed E-state index contributed by atoms with van der Waals surface area (Å²) in [4.78, 5) is 21.5. The van der Waals surface area contributed by atoms with Crippen molar-refractivity contribution in [2.75, 3.05) is 13.6 Å². The van der Waals surface area contributed by atoms with Gasteiger partial charge in [-0.25, -0.2) is 9.09 Å². The Bertz CT molecular complexity index is 2760. The Morgan fingerprint density at radius 2 is 0.767 bits per heavy atom. The maximum atomic E-state index is 13.8. The van der Waals surface area contributed by atoms with E-state index in [-0.39, 0.29) is 90.3 Å². The van der Waals surface area contributed by atoms with Gasteiger partial charge in [-0.15, -0.1) is 0 Å². The van der Waals surface area contributed by atoms with Crippen LogP contribution in [0.15, 0.2) is 60.7 Å². The zero-order valence-electron chi connectivity index (χ0n) is 59.4. The summed E-state index contributed by atoms with van der Waals surface area (Å²) in [5.74, 6) is 8.05. The summed E-state index contributed by atoms with van der Waals surface area (Å²) in [5, 5.41) is 0. The van der Waals surface area contributed by atoms with Gasteiger partial charge in [0.1, 0.15) is 34.2 Å². The van der Waals surface area contributed by atoms with Gasteiger partial charge in [0.05, 0.1) is 21.0 Å². The van der Waals surface area contributed by atoms with Gasteiger partial charge in [0.2, 0.25) is 0 Å². The Morgan fingerprint density at radius 1 is 0.444 bits per heavy atom. The number of benzene rings is 4. The Morgan fingerprint density at radius 3 is 1.10 bits per heavy atom. The maximum Gasteiger partial charge on any atom is 1.00 e. The minimum absolute atomic E-state index is 0. The second-order valence-corrected chi connectivity index (χ2v) is 30.9. The molecule has 0 aliphatic carbocycles. The predicted molar refractivity (Wildman–Crippen MR) is 356 cm³/mol. The van der Waals surface area contributed by atoms with Crippen LogP contribution in [0.3, 0.4) is 0 Å². The van der Waals surface area contributed by atoms with Gasteiger partial charge < -0.3 is 37.8 Å². The molecule has 6 unspecified atom stereocenters. The molecule has 2 heterocycles. The first-order valence-electron chi connectivity index (χ1n) is 33.8. The van der Waals surface area contributed by atoms with Crippen molar-refractivity contribution in [3.05, 3.63) is 116 Å². The summed E-state index contributed by atoms with van der Waals surface area (Å²) in [6, 6.07) is 19.1. The topological polar surface area (TPSA) is 154 Å². The minimum Gasteiger partial charge on any atom is -0.790 e. The van der Waals surface area contributed by atoms with E-state index >= 15 is 0 Å². The first-order valence-corrected chi connectivity index (χ1v) is 36.7. The number of phosphoric acid groups is 2. The van der Waals surface area contributed by atoms with Gasteiger partial charge in [0, 0.05) is 11.1 Å². The average molecular weight is 1310 g/mol. The summed E-state index contributed by atoms with van der Waals surface area (Å²) in [7, 11) is -9.03. The van der Waals surface area contributed by atoms with Crippen LogP contribution in [0.5, 0.6) is 23.0 Å². The predicted octanol–water partition coefficient (Wildman–Crippen LogP) is 14.4. The Labute approximate surface area is 590 Å². The summed E-state index contributed by atoms with van der Waals surface area (Å²) < 4.78 is 71.4. The first-order chi connectivity index (χ1) is 41.6. The van der Waals surface area contributed by atoms with Crippen molar-refractivity contribution in [2.24, 2.45) is 35.5 Å². The molecule has 0 bridgehead atoms. The monoisotopic (exact) mass is 1300 g/mol. The van der Waals surface area contributed by atoms with E-state index in [1.807, 2.05) is 81.4 Å². The number of rotatable bonds is 38. The normalized spacial score (nSPS) is 17.7. The van der Waals surface area contributed by atoms with Crippen molar-refractivity contribution in [3.63, 3.8) is 0 Å². The molecular formula is C74H116Na2O12P2. The molecule has 16 heteroatoms. The van der Waals surface area contributed by atoms with E-state index in [4.69, 9.17) is 32.5 Å². The van der Waals surface area contributed by atoms with Crippen LogP contribution in [-0.4, -0.2) is 24.8 Å². The van der Waals surface area contributed by atoms with Crippen molar-refractivity contribution in [1.82, 2.24) is 0 Å². The van der Waals surface area contributed by atoms with Gasteiger partial charge in [-0.2, -0.15) is 0 Å². The molecule has 12 nitrogen and oxygen atoms in total. The summed E-state index contributed by atoms with van der Waals surface area (Å²) >= 11 is 0. The quantitative estimate of drug-likeness (QED) is 0.0238. The van der Waals surface area contributed by atoms with Crippen LogP contribution in [0.25, 0.3) is 0 Å². The molecule has 6 rings (SSSR count). The van der Waals surface area contributed by atoms with Crippen LogP contribution in [-0.2, 0) is 53.3 Å². The molecule has 0 spiro atoms. The first kappa shape index (κ1) is 82.5. The summed E-state index contributed by atoms with van der Waals surface area (Å²) in [6.07, 6.45) is 26.9. The van der Waals surface area contributed by atoms with Gasteiger partial charge in [-0.05, 0) is 187 Å². The number of phosphoric ester groups is 2. The zero-order chi connectivity index (χ0) is 64.7. The molecule has 0 saturated carbocycles. The Kier molecular flexibility index (Phi) is 37.4. The average Bonchev–Trinajstić information content (AvgIpc) is 0.779. The van der Waals surface area contributed by atoms with E-state index < -0.39 is 22.4 Å². The summed E-state index contributed by atoms with van der Waals surface area (Å²) in [5.41, 5.74) is 9.56. The molecule has 0 aromatic heterocycles. The van der Waals surface area contributed by atoms with Crippen LogP contribution in [0.4, 0.5) is 0 Å². The molecule has 496 valence electrons. The van der Waals surface area contributed by atoms with Crippen LogP contribution in [0.1, 0.15) is 253 Å². The third-order valence-electron chi connectivity index (χ3n) is 19.0. The molecular weight excluding hydrogens is 1190 g/mol. The van der Waals surface area contributed by atoms with E-state index in [2.05, 4.69) is 94.5 Å². The molecule has 4 aromatic carbocycles. The van der Waals surface area contributed by atoms with Gasteiger partial charge in [0.15, 0.2) is 13.6 Å². The van der Waals surface area contributed by atoms with Gasteiger partial charge >= 0.3 is 66.9 Å². The number of hydrogen-bond donors (Lipinski definition) is 0. The van der Waals surface area contributed by atoms with E-state index in [9.17, 15) is 18.9 Å². The standard InChI is InChI=1S/C44H65O6P.C30H53O6P.2Na/c1-33(2)18-15-19-34(3)20-16-21-35(4)22-17-28-44(8)29-27-41-38(7)42(36(5)37(6)43(41)50-44)46-32-49-51(45,47-30-39-23-11-9-12-24-39)48-31-40-25-13-10-14-26-40;1-21(2)12-9-13-22(3)14-10-15-23(4)16-11-18-30(8)19-17-27-26(7)28(34-20-35-37(31,32)33)24(5)25(6)29(27)36-30;;/h9-14,23-26,33-35H,15-22,27-32H2,1-8H3;21-23H,9-20H2,1-8H3,(H2,31,32,33);;/q;;2*+1/p-2. The van der Waals surface area contributed by atoms with E-state index in [0.717, 1.165) is 148 Å². The molecule has 0 amide bonds. The fraction of sp³-hybridized carbons (Fsp3) is 0.676. The molecule has 0 saturated heterocycles. The molecule has 4 aromatic rings. The van der Waals surface area contributed by atoms with Crippen LogP contribution in [0.2, 0.25) is 0 Å². The molecule has 6 atom stereocenters. The molecule has 2 aliphatic heterocycles. The summed E-state index contributed by atoms with van der Waals surface area (Å²) in [6.45, 7) is 34.9. The van der Waals surface area contributed by atoms with E-state index in [1.165, 1.54) is 102 Å². The van der Waals surface area contributed by atoms with Crippen molar-refractivity contribution >= 4 is 15.6 Å². The van der Waals surface area contributed by atoms with E-state index in [0.29, 0.717) is 5.75 Å². The fourth-order valence-electron chi connectivity index (χ4n) is 12.8. The van der Waals surface area contributed by atoms with Gasteiger partial charge in [-0.1, -0.05) is 206 Å². The number of ether oxygens (including phenoxy) is 4. The zero-order valence-corrected chi connectivity index (χ0v) is 65.2. The van der Waals surface area contributed by atoms with Gasteiger partial charge in [0.25, 0.3) is 0 Å². The van der Waals surface area contributed by atoms with Gasteiger partial charge in [-0.3, -0.25) is 9.05 Å². The van der Waals surface area contributed by atoms with Crippen molar-refractivity contribution in [2.45, 2.75) is 276 Å². The smallest absolute Gasteiger partial charge is 0.790 e. The van der Waals surface area contributed by atoms with E-state index in [1.54, 1.807) is 0 Å². The SMILES string of the molecule is Cc1c(C)c2c(c(C)c1OCOP(=O)(OCc1ccccc1)OCc1ccccc1)CCC(C)(CCCC(C)CCCC(C)CCCC(C)C)O2.Cc1c(C)c2c(c(C)c1OCOP(=O)([O-])[O-])CCC(C)(CCCC(C)CCCC(C)CCCC(C)C)O2.[Na+].[Na+]. The van der Waals surface area contributed by atoms with Crippen molar-refractivity contribution in [3.8, 4) is 23.0 Å². The number of fused-ring (bicyclic) bond motifs is 2. The van der Waals surface area contributed by atoms with Crippen LogP contribution >= 0.6 is 15.6 Å². The van der Waals surface area contributed by atoms with Crippen molar-refractivity contribution in [1.29, 1.82) is 0 Å². The third kappa shape index (κ3) is 28.6. The third-order valence-corrected chi connectivity index (χ3v) is 20.7. The number of hydrogen-bond acceptors (Lipinski definition) is 12. The largest absolute Gasteiger partial charge is 1.00 e. The second-order valence-electron chi connectivity index (χ2n) is 28.0. The maximum absolute atomic E-state index is 13.8. The fourth-order valence-corrected chi connectivity index (χ4v) is 14.0. The minimum atomic E-state index is -5.07.